The summed E-state index contributed by atoms with van der Waals surface area (Å²) in [5.74, 6) is 2.36. The number of hydrogen-bond donors (Lipinski definition) is 3. The lowest BCUT2D eigenvalue weighted by molar-refractivity contribution is -0.116. The van der Waals surface area contributed by atoms with E-state index in [0.717, 1.165) is 49.1 Å². The van der Waals surface area contributed by atoms with E-state index in [1.165, 1.54) is 5.56 Å². The molecule has 0 radical (unpaired) electrons. The number of guanidine groups is 1. The van der Waals surface area contributed by atoms with E-state index < -0.39 is 0 Å². The van der Waals surface area contributed by atoms with Crippen molar-refractivity contribution in [1.82, 2.24) is 10.6 Å². The number of para-hydroxylation sites is 1. The first-order valence-electron chi connectivity index (χ1n) is 11.2. The maximum Gasteiger partial charge on any atom is 0.225 e. The van der Waals surface area contributed by atoms with Gasteiger partial charge >= 0.3 is 0 Å². The minimum absolute atomic E-state index is 0. The Morgan fingerprint density at radius 3 is 2.62 bits per heavy atom. The molecule has 7 heteroatoms. The summed E-state index contributed by atoms with van der Waals surface area (Å²) in [6.45, 7) is 9.21. The highest BCUT2D eigenvalue weighted by atomic mass is 127. The third-order valence-corrected chi connectivity index (χ3v) is 5.13. The van der Waals surface area contributed by atoms with Crippen molar-refractivity contribution in [2.24, 2.45) is 10.9 Å². The number of aliphatic imine (C=N–C) groups is 1. The second kappa shape index (κ2) is 13.3. The molecular weight excluding hydrogens is 515 g/mol. The first-order valence-corrected chi connectivity index (χ1v) is 11.2. The van der Waals surface area contributed by atoms with Gasteiger partial charge in [0.05, 0.1) is 13.2 Å². The number of amides is 1. The number of fused-ring (bicyclic) bond motifs is 1. The number of benzene rings is 2. The quantitative estimate of drug-likeness (QED) is 0.243. The maximum atomic E-state index is 12.0. The molecule has 0 bridgehead atoms. The van der Waals surface area contributed by atoms with Gasteiger partial charge in [-0.15, -0.1) is 24.0 Å². The van der Waals surface area contributed by atoms with Gasteiger partial charge in [0, 0.05) is 31.1 Å². The number of rotatable bonds is 9. The molecule has 32 heavy (non-hydrogen) atoms. The van der Waals surface area contributed by atoms with Gasteiger partial charge in [0.25, 0.3) is 0 Å². The summed E-state index contributed by atoms with van der Waals surface area (Å²) in [6, 6.07) is 16.3. The SMILES string of the molecule is CCNC(=NCC1CC(=O)Nc2ccccc21)NCCc1ccc(OCC(C)C)cc1.I. The van der Waals surface area contributed by atoms with E-state index in [2.05, 4.69) is 54.9 Å². The van der Waals surface area contributed by atoms with E-state index >= 15 is 0 Å². The first-order chi connectivity index (χ1) is 15.0. The minimum Gasteiger partial charge on any atom is -0.493 e. The van der Waals surface area contributed by atoms with Crippen LogP contribution in [0.5, 0.6) is 5.75 Å². The van der Waals surface area contributed by atoms with Crippen LogP contribution in [0.4, 0.5) is 5.69 Å². The Kier molecular flexibility index (Phi) is 10.8. The van der Waals surface area contributed by atoms with E-state index in [0.29, 0.717) is 18.9 Å². The molecule has 1 heterocycles. The summed E-state index contributed by atoms with van der Waals surface area (Å²) < 4.78 is 5.75. The number of hydrogen-bond acceptors (Lipinski definition) is 3. The number of anilines is 1. The van der Waals surface area contributed by atoms with Crippen molar-refractivity contribution in [2.45, 2.75) is 39.5 Å². The van der Waals surface area contributed by atoms with Crippen LogP contribution < -0.4 is 20.7 Å². The normalized spacial score (nSPS) is 15.4. The third-order valence-electron chi connectivity index (χ3n) is 5.13. The molecule has 174 valence electrons. The summed E-state index contributed by atoms with van der Waals surface area (Å²) in [5.41, 5.74) is 3.30. The lowest BCUT2D eigenvalue weighted by atomic mass is 9.91. The van der Waals surface area contributed by atoms with Gasteiger partial charge in [-0.3, -0.25) is 9.79 Å². The van der Waals surface area contributed by atoms with Gasteiger partial charge in [-0.25, -0.2) is 0 Å². The summed E-state index contributed by atoms with van der Waals surface area (Å²) in [4.78, 5) is 16.8. The van der Waals surface area contributed by atoms with Gasteiger partial charge in [0.2, 0.25) is 5.91 Å². The van der Waals surface area contributed by atoms with Crippen LogP contribution >= 0.6 is 24.0 Å². The monoisotopic (exact) mass is 550 g/mol. The largest absolute Gasteiger partial charge is 0.493 e. The van der Waals surface area contributed by atoms with Crippen molar-refractivity contribution in [3.63, 3.8) is 0 Å². The van der Waals surface area contributed by atoms with Crippen molar-refractivity contribution in [3.05, 3.63) is 59.7 Å². The smallest absolute Gasteiger partial charge is 0.225 e. The fourth-order valence-corrected chi connectivity index (χ4v) is 3.55. The standard InChI is InChI=1S/C25H34N4O2.HI/c1-4-26-25(27-14-13-19-9-11-21(12-10-19)31-17-18(2)3)28-16-20-15-24(30)29-23-8-6-5-7-22(20)23;/h5-12,18,20H,4,13-17H2,1-3H3,(H,29,30)(H2,26,27,28);1H. The molecule has 1 unspecified atom stereocenters. The van der Waals surface area contributed by atoms with Crippen molar-refractivity contribution in [2.75, 3.05) is 31.6 Å². The molecule has 0 saturated carbocycles. The van der Waals surface area contributed by atoms with Crippen LogP contribution in [0, 0.1) is 5.92 Å². The predicted octanol–water partition coefficient (Wildman–Crippen LogP) is 4.56. The Bertz CT molecular complexity index is 884. The molecule has 0 aliphatic carbocycles. The molecule has 6 nitrogen and oxygen atoms in total. The number of halogens is 1. The number of ether oxygens (including phenoxy) is 1. The first kappa shape index (κ1) is 26.0. The molecule has 0 saturated heterocycles. The predicted molar refractivity (Wildman–Crippen MR) is 142 cm³/mol. The Hall–Kier alpha value is -2.29. The van der Waals surface area contributed by atoms with E-state index in [9.17, 15) is 4.79 Å². The second-order valence-corrected chi connectivity index (χ2v) is 8.28. The maximum absolute atomic E-state index is 12.0. The van der Waals surface area contributed by atoms with Gasteiger partial charge in [-0.1, -0.05) is 44.2 Å². The van der Waals surface area contributed by atoms with Gasteiger partial charge < -0.3 is 20.7 Å². The van der Waals surface area contributed by atoms with Crippen molar-refractivity contribution < 1.29 is 9.53 Å². The second-order valence-electron chi connectivity index (χ2n) is 8.28. The lowest BCUT2D eigenvalue weighted by Gasteiger charge is -2.24. The number of carbonyl (C=O) groups is 1. The fraction of sp³-hybridized carbons (Fsp3) is 0.440. The Balaban J connectivity index is 0.00000363. The molecular formula is C25H35IN4O2. The molecule has 0 fully saturated rings. The van der Waals surface area contributed by atoms with Gasteiger partial charge in [0.1, 0.15) is 5.75 Å². The average Bonchev–Trinajstić information content (AvgIpc) is 2.76. The minimum atomic E-state index is 0. The highest BCUT2D eigenvalue weighted by molar-refractivity contribution is 14.0. The summed E-state index contributed by atoms with van der Waals surface area (Å²) in [7, 11) is 0. The zero-order valence-corrected chi connectivity index (χ0v) is 21.5. The summed E-state index contributed by atoms with van der Waals surface area (Å²) in [6.07, 6.45) is 1.36. The summed E-state index contributed by atoms with van der Waals surface area (Å²) in [5, 5.41) is 9.65. The van der Waals surface area contributed by atoms with Crippen LogP contribution in [0.3, 0.4) is 0 Å². The van der Waals surface area contributed by atoms with E-state index in [4.69, 9.17) is 9.73 Å². The molecule has 0 aromatic heterocycles. The number of nitrogens with zero attached hydrogens (tertiary/aromatic N) is 1. The molecule has 0 spiro atoms. The van der Waals surface area contributed by atoms with Crippen LogP contribution in [0.1, 0.15) is 44.2 Å². The Morgan fingerprint density at radius 2 is 1.91 bits per heavy atom. The molecule has 3 rings (SSSR count). The number of carbonyl (C=O) groups excluding carboxylic acids is 1. The highest BCUT2D eigenvalue weighted by Gasteiger charge is 2.24. The molecule has 2 aromatic rings. The van der Waals surface area contributed by atoms with Crippen LogP contribution in [0.2, 0.25) is 0 Å². The molecule has 1 aliphatic rings. The molecule has 1 aliphatic heterocycles. The topological polar surface area (TPSA) is 74.8 Å². The van der Waals surface area contributed by atoms with Crippen LogP contribution in [-0.2, 0) is 11.2 Å². The Labute approximate surface area is 208 Å². The zero-order chi connectivity index (χ0) is 22.1. The number of nitrogens with one attached hydrogen (secondary N) is 3. The average molecular weight is 550 g/mol. The molecule has 3 N–H and O–H groups in total. The third kappa shape index (κ3) is 8.00. The van der Waals surface area contributed by atoms with Gasteiger partial charge in [0.15, 0.2) is 5.96 Å². The zero-order valence-electron chi connectivity index (χ0n) is 19.2. The molecule has 1 atom stereocenters. The van der Waals surface area contributed by atoms with Crippen LogP contribution in [0.25, 0.3) is 0 Å². The van der Waals surface area contributed by atoms with Crippen LogP contribution in [-0.4, -0.2) is 38.1 Å². The van der Waals surface area contributed by atoms with E-state index in [1.807, 2.05) is 30.3 Å². The summed E-state index contributed by atoms with van der Waals surface area (Å²) >= 11 is 0. The van der Waals surface area contributed by atoms with Crippen molar-refractivity contribution in [1.29, 1.82) is 0 Å². The van der Waals surface area contributed by atoms with Crippen molar-refractivity contribution in [3.8, 4) is 5.75 Å². The molecule has 2 aromatic carbocycles. The van der Waals surface area contributed by atoms with E-state index in [1.54, 1.807) is 0 Å². The Morgan fingerprint density at radius 1 is 1.16 bits per heavy atom. The van der Waals surface area contributed by atoms with Crippen molar-refractivity contribution >= 4 is 41.5 Å². The highest BCUT2D eigenvalue weighted by Crippen LogP contribution is 2.31. The van der Waals surface area contributed by atoms with Gasteiger partial charge in [-0.2, -0.15) is 0 Å². The van der Waals surface area contributed by atoms with Gasteiger partial charge in [-0.05, 0) is 48.6 Å². The molecule has 1 amide bonds. The van der Waals surface area contributed by atoms with Crippen LogP contribution in [0.15, 0.2) is 53.5 Å². The lowest BCUT2D eigenvalue weighted by Crippen LogP contribution is -2.38. The fourth-order valence-electron chi connectivity index (χ4n) is 3.55. The van der Waals surface area contributed by atoms with E-state index in [-0.39, 0.29) is 35.8 Å².